The summed E-state index contributed by atoms with van der Waals surface area (Å²) < 4.78 is 31.3. The van der Waals surface area contributed by atoms with Crippen molar-refractivity contribution in [2.24, 2.45) is 5.41 Å². The van der Waals surface area contributed by atoms with Crippen molar-refractivity contribution in [2.75, 3.05) is 45.6 Å². The van der Waals surface area contributed by atoms with Crippen LogP contribution < -0.4 is 0 Å². The van der Waals surface area contributed by atoms with E-state index in [1.165, 1.54) is 16.1 Å². The summed E-state index contributed by atoms with van der Waals surface area (Å²) in [7, 11) is -3.23. The number of carbonyl (C=O) groups excluding carboxylic acids is 1. The quantitative estimate of drug-likeness (QED) is 0.785. The molecule has 0 saturated carbocycles. The van der Waals surface area contributed by atoms with Gasteiger partial charge < -0.3 is 9.64 Å². The number of aryl methyl sites for hydroxylation is 1. The molecule has 2 heterocycles. The van der Waals surface area contributed by atoms with Crippen molar-refractivity contribution in [3.05, 3.63) is 35.4 Å². The molecule has 0 unspecified atom stereocenters. The van der Waals surface area contributed by atoms with Gasteiger partial charge in [-0.25, -0.2) is 8.42 Å². The highest BCUT2D eigenvalue weighted by Crippen LogP contribution is 2.35. The Morgan fingerprint density at radius 2 is 1.81 bits per heavy atom. The van der Waals surface area contributed by atoms with Crippen molar-refractivity contribution in [1.29, 1.82) is 0 Å². The Hall–Kier alpha value is -1.44. The first-order valence-electron chi connectivity index (χ1n) is 9.74. The highest BCUT2D eigenvalue weighted by molar-refractivity contribution is 7.88. The maximum atomic E-state index is 12.8. The lowest BCUT2D eigenvalue weighted by molar-refractivity contribution is 0.0179. The molecule has 2 aliphatic rings. The second kappa shape index (κ2) is 8.29. The number of carbonyl (C=O) groups is 1. The Morgan fingerprint density at radius 1 is 1.15 bits per heavy atom. The van der Waals surface area contributed by atoms with Gasteiger partial charge in [0.2, 0.25) is 10.0 Å². The second-order valence-electron chi connectivity index (χ2n) is 7.89. The summed E-state index contributed by atoms with van der Waals surface area (Å²) in [4.78, 5) is 14.7. The highest BCUT2D eigenvalue weighted by atomic mass is 32.2. The minimum absolute atomic E-state index is 0.0578. The summed E-state index contributed by atoms with van der Waals surface area (Å²) in [6, 6.07) is 7.90. The summed E-state index contributed by atoms with van der Waals surface area (Å²) >= 11 is 0. The summed E-state index contributed by atoms with van der Waals surface area (Å²) in [6.07, 6.45) is 4.90. The monoisotopic (exact) mass is 394 g/mol. The zero-order chi connectivity index (χ0) is 19.5. The Labute approximate surface area is 162 Å². The zero-order valence-electron chi connectivity index (χ0n) is 16.3. The van der Waals surface area contributed by atoms with Crippen molar-refractivity contribution in [1.82, 2.24) is 9.21 Å². The first-order chi connectivity index (χ1) is 12.8. The first kappa shape index (κ1) is 20.3. The minimum Gasteiger partial charge on any atom is -0.379 e. The predicted molar refractivity (Wildman–Crippen MR) is 105 cm³/mol. The zero-order valence-corrected chi connectivity index (χ0v) is 17.1. The van der Waals surface area contributed by atoms with E-state index >= 15 is 0 Å². The van der Waals surface area contributed by atoms with Crippen LogP contribution in [0.4, 0.5) is 0 Å². The lowest BCUT2D eigenvalue weighted by atomic mass is 9.79. The van der Waals surface area contributed by atoms with Crippen LogP contribution in [0.25, 0.3) is 0 Å². The van der Waals surface area contributed by atoms with Crippen LogP contribution in [-0.2, 0) is 21.2 Å². The SMILES string of the molecule is CCCc1ccc(C(=O)N2CCC3(CC2)COCCN(S(C)(=O)=O)C3)cc1. The normalized spacial score (nSPS) is 21.2. The van der Waals surface area contributed by atoms with Gasteiger partial charge >= 0.3 is 0 Å². The molecule has 27 heavy (non-hydrogen) atoms. The van der Waals surface area contributed by atoms with Gasteiger partial charge in [0.05, 0.1) is 19.5 Å². The van der Waals surface area contributed by atoms with E-state index < -0.39 is 10.0 Å². The molecule has 0 N–H and O–H groups in total. The lowest BCUT2D eigenvalue weighted by Crippen LogP contribution is -2.49. The van der Waals surface area contributed by atoms with Crippen LogP contribution in [-0.4, -0.2) is 69.2 Å². The molecule has 1 spiro atoms. The minimum atomic E-state index is -3.23. The maximum absolute atomic E-state index is 12.8. The van der Waals surface area contributed by atoms with Crippen molar-refractivity contribution >= 4 is 15.9 Å². The molecule has 6 nitrogen and oxygen atoms in total. The van der Waals surface area contributed by atoms with E-state index in [4.69, 9.17) is 4.74 Å². The summed E-state index contributed by atoms with van der Waals surface area (Å²) in [5.41, 5.74) is 1.78. The van der Waals surface area contributed by atoms with E-state index in [1.54, 1.807) is 0 Å². The van der Waals surface area contributed by atoms with Crippen LogP contribution in [0.5, 0.6) is 0 Å². The third kappa shape index (κ3) is 4.89. The molecule has 7 heteroatoms. The van der Waals surface area contributed by atoms with Crippen molar-refractivity contribution in [2.45, 2.75) is 32.6 Å². The fourth-order valence-corrected chi connectivity index (χ4v) is 4.92. The number of hydrogen-bond donors (Lipinski definition) is 0. The van der Waals surface area contributed by atoms with Gasteiger partial charge in [-0.3, -0.25) is 4.79 Å². The maximum Gasteiger partial charge on any atom is 0.253 e. The predicted octanol–water partition coefficient (Wildman–Crippen LogP) is 2.15. The summed E-state index contributed by atoms with van der Waals surface area (Å²) in [5, 5.41) is 0. The van der Waals surface area contributed by atoms with E-state index in [2.05, 4.69) is 6.92 Å². The van der Waals surface area contributed by atoms with Crippen molar-refractivity contribution < 1.29 is 17.9 Å². The number of ether oxygens (including phenoxy) is 1. The van der Waals surface area contributed by atoms with Gasteiger partial charge in [-0.05, 0) is 37.0 Å². The third-order valence-electron chi connectivity index (χ3n) is 5.72. The van der Waals surface area contributed by atoms with Gasteiger partial charge in [-0.1, -0.05) is 25.5 Å². The highest BCUT2D eigenvalue weighted by Gasteiger charge is 2.41. The van der Waals surface area contributed by atoms with Gasteiger partial charge in [0, 0.05) is 37.2 Å². The van der Waals surface area contributed by atoms with Crippen LogP contribution >= 0.6 is 0 Å². The average molecular weight is 395 g/mol. The van der Waals surface area contributed by atoms with Crippen molar-refractivity contribution in [3.8, 4) is 0 Å². The molecule has 0 radical (unpaired) electrons. The average Bonchev–Trinajstić information content (AvgIpc) is 2.86. The van der Waals surface area contributed by atoms with E-state index in [-0.39, 0.29) is 11.3 Å². The molecule has 0 aromatic heterocycles. The topological polar surface area (TPSA) is 66.9 Å². The van der Waals surface area contributed by atoms with Crippen LogP contribution in [0.2, 0.25) is 0 Å². The van der Waals surface area contributed by atoms with E-state index in [1.807, 2.05) is 29.2 Å². The van der Waals surface area contributed by atoms with Crippen LogP contribution in [0.3, 0.4) is 0 Å². The number of piperidine rings is 1. The molecule has 3 rings (SSSR count). The summed E-state index contributed by atoms with van der Waals surface area (Å²) in [6.45, 7) is 5.30. The first-order valence-corrected chi connectivity index (χ1v) is 11.6. The van der Waals surface area contributed by atoms with Gasteiger partial charge in [-0.2, -0.15) is 4.31 Å². The number of amides is 1. The smallest absolute Gasteiger partial charge is 0.253 e. The molecule has 1 aromatic rings. The Kier molecular flexibility index (Phi) is 6.23. The Balaban J connectivity index is 1.64. The number of likely N-dealkylation sites (tertiary alicyclic amines) is 1. The van der Waals surface area contributed by atoms with E-state index in [0.29, 0.717) is 39.4 Å². The van der Waals surface area contributed by atoms with Crippen LogP contribution in [0, 0.1) is 5.41 Å². The van der Waals surface area contributed by atoms with Crippen LogP contribution in [0.1, 0.15) is 42.1 Å². The Bertz CT molecular complexity index is 753. The fourth-order valence-electron chi connectivity index (χ4n) is 4.01. The second-order valence-corrected chi connectivity index (χ2v) is 9.87. The lowest BCUT2D eigenvalue weighted by Gasteiger charge is -2.42. The molecule has 0 aliphatic carbocycles. The molecule has 0 atom stereocenters. The molecule has 1 aromatic carbocycles. The van der Waals surface area contributed by atoms with Crippen LogP contribution in [0.15, 0.2) is 24.3 Å². The fraction of sp³-hybridized carbons (Fsp3) is 0.650. The largest absolute Gasteiger partial charge is 0.379 e. The summed E-state index contributed by atoms with van der Waals surface area (Å²) in [5.74, 6) is 0.0578. The number of benzene rings is 1. The molecule has 2 saturated heterocycles. The Morgan fingerprint density at radius 3 is 2.41 bits per heavy atom. The molecule has 2 fully saturated rings. The van der Waals surface area contributed by atoms with Gasteiger partial charge in [0.1, 0.15) is 0 Å². The molecule has 1 amide bonds. The molecule has 0 bridgehead atoms. The van der Waals surface area contributed by atoms with E-state index in [9.17, 15) is 13.2 Å². The number of rotatable bonds is 4. The van der Waals surface area contributed by atoms with Crippen molar-refractivity contribution in [3.63, 3.8) is 0 Å². The number of sulfonamides is 1. The van der Waals surface area contributed by atoms with Gasteiger partial charge in [-0.15, -0.1) is 0 Å². The standard InChI is InChI=1S/C20H30N2O4S/c1-3-4-17-5-7-18(8-6-17)19(23)21-11-9-20(10-12-21)15-22(27(2,24)25)13-14-26-16-20/h5-8H,3-4,9-16H2,1-2H3. The molecule has 2 aliphatic heterocycles. The van der Waals surface area contributed by atoms with E-state index in [0.717, 1.165) is 31.2 Å². The third-order valence-corrected chi connectivity index (χ3v) is 6.97. The van der Waals surface area contributed by atoms with Gasteiger partial charge in [0.15, 0.2) is 0 Å². The number of nitrogens with zero attached hydrogens (tertiary/aromatic N) is 2. The molecular weight excluding hydrogens is 364 g/mol. The molecule has 150 valence electrons. The molecular formula is C20H30N2O4S. The number of hydrogen-bond acceptors (Lipinski definition) is 4. The van der Waals surface area contributed by atoms with Gasteiger partial charge in [0.25, 0.3) is 5.91 Å².